The summed E-state index contributed by atoms with van der Waals surface area (Å²) < 4.78 is 0. The van der Waals surface area contributed by atoms with E-state index in [0.29, 0.717) is 11.8 Å². The van der Waals surface area contributed by atoms with Gasteiger partial charge in [-0.2, -0.15) is 5.10 Å². The lowest BCUT2D eigenvalue weighted by Gasteiger charge is -2.14. The topological polar surface area (TPSA) is 61.0 Å². The molecule has 5 heteroatoms. The lowest BCUT2D eigenvalue weighted by atomic mass is 10.0. The van der Waals surface area contributed by atoms with Crippen LogP contribution in [0.3, 0.4) is 0 Å². The van der Waals surface area contributed by atoms with Crippen LogP contribution in [0.15, 0.2) is 18.5 Å². The van der Waals surface area contributed by atoms with E-state index in [2.05, 4.69) is 15.5 Å². The predicted octanol–water partition coefficient (Wildman–Crippen LogP) is 0.101. The quantitative estimate of drug-likeness (QED) is 0.711. The van der Waals surface area contributed by atoms with Crippen LogP contribution in [0.4, 0.5) is 0 Å². The summed E-state index contributed by atoms with van der Waals surface area (Å²) in [6, 6.07) is 0. The van der Waals surface area contributed by atoms with E-state index in [-0.39, 0.29) is 5.91 Å². The Morgan fingerprint density at radius 3 is 2.82 bits per heavy atom. The number of hydrogen-bond acceptors (Lipinski definition) is 3. The second-order valence-corrected chi connectivity index (χ2v) is 4.79. The Bertz CT molecular complexity index is 414. The van der Waals surface area contributed by atoms with Crippen molar-refractivity contribution in [3.63, 3.8) is 0 Å². The number of nitrogens with zero attached hydrogens (tertiary/aromatic N) is 2. The molecule has 2 fully saturated rings. The molecular formula is C12H16N4O. The average Bonchev–Trinajstić information content (AvgIpc) is 3.01. The first-order chi connectivity index (χ1) is 8.33. The molecule has 0 bridgehead atoms. The fourth-order valence-electron chi connectivity index (χ4n) is 2.66. The van der Waals surface area contributed by atoms with Crippen molar-refractivity contribution < 1.29 is 4.79 Å². The number of nitrogens with one attached hydrogen (secondary N) is 2. The Balaban J connectivity index is 1.60. The Morgan fingerprint density at radius 2 is 2.18 bits per heavy atom. The molecule has 2 atom stereocenters. The fraction of sp³-hybridized carbons (Fsp3) is 0.500. The summed E-state index contributed by atoms with van der Waals surface area (Å²) in [4.78, 5) is 13.9. The molecular weight excluding hydrogens is 216 g/mol. The number of hydrogen-bond donors (Lipinski definition) is 2. The summed E-state index contributed by atoms with van der Waals surface area (Å²) in [5.41, 5.74) is 0.930. The van der Waals surface area contributed by atoms with Gasteiger partial charge in [-0.05, 0) is 17.9 Å². The van der Waals surface area contributed by atoms with Gasteiger partial charge in [0.15, 0.2) is 0 Å². The maximum atomic E-state index is 12.0. The van der Waals surface area contributed by atoms with Crippen LogP contribution in [-0.4, -0.2) is 47.2 Å². The number of rotatable bonds is 2. The molecule has 1 amide bonds. The number of carbonyl (C=O) groups is 1. The molecule has 1 aromatic heterocycles. The van der Waals surface area contributed by atoms with Crippen LogP contribution in [0.1, 0.15) is 5.56 Å². The molecule has 0 spiro atoms. The lowest BCUT2D eigenvalue weighted by molar-refractivity contribution is -0.125. The monoisotopic (exact) mass is 232 g/mol. The second kappa shape index (κ2) is 4.33. The first-order valence-electron chi connectivity index (χ1n) is 5.99. The Kier molecular flexibility index (Phi) is 2.68. The lowest BCUT2D eigenvalue weighted by Crippen LogP contribution is -2.30. The second-order valence-electron chi connectivity index (χ2n) is 4.79. The number of carbonyl (C=O) groups excluding carboxylic acids is 1. The van der Waals surface area contributed by atoms with E-state index >= 15 is 0 Å². The van der Waals surface area contributed by atoms with Crippen LogP contribution < -0.4 is 5.32 Å². The molecule has 0 saturated carbocycles. The molecule has 2 aliphatic heterocycles. The molecule has 1 aromatic rings. The number of amides is 1. The van der Waals surface area contributed by atoms with E-state index in [1.807, 2.05) is 4.90 Å². The van der Waals surface area contributed by atoms with Crippen molar-refractivity contribution in [1.82, 2.24) is 20.4 Å². The van der Waals surface area contributed by atoms with Gasteiger partial charge in [-0.25, -0.2) is 0 Å². The molecule has 90 valence electrons. The van der Waals surface area contributed by atoms with Gasteiger partial charge in [0.2, 0.25) is 5.91 Å². The van der Waals surface area contributed by atoms with Crippen LogP contribution in [-0.2, 0) is 4.79 Å². The zero-order chi connectivity index (χ0) is 11.7. The van der Waals surface area contributed by atoms with E-state index in [1.165, 1.54) is 0 Å². The minimum atomic E-state index is 0.112. The molecule has 5 nitrogen and oxygen atoms in total. The molecule has 2 aliphatic rings. The minimum Gasteiger partial charge on any atom is -0.338 e. The highest BCUT2D eigenvalue weighted by Crippen LogP contribution is 2.26. The Morgan fingerprint density at radius 1 is 1.41 bits per heavy atom. The summed E-state index contributed by atoms with van der Waals surface area (Å²) >= 11 is 0. The van der Waals surface area contributed by atoms with Crippen LogP contribution in [0.2, 0.25) is 0 Å². The maximum Gasteiger partial charge on any atom is 0.246 e. The smallest absolute Gasteiger partial charge is 0.246 e. The summed E-state index contributed by atoms with van der Waals surface area (Å²) in [6.07, 6.45) is 6.91. The molecule has 0 radical (unpaired) electrons. The van der Waals surface area contributed by atoms with Crippen molar-refractivity contribution >= 4 is 12.0 Å². The maximum absolute atomic E-state index is 12.0. The minimum absolute atomic E-state index is 0.112. The standard InChI is InChI=1S/C12H16N4O/c17-12(2-1-9-3-14-15-4-9)16-7-10-5-13-6-11(10)8-16/h1-4,10-11,13H,5-8H2,(H,14,15)/b2-1+/t10-,11+. The van der Waals surface area contributed by atoms with E-state index in [1.54, 1.807) is 24.5 Å². The Hall–Kier alpha value is -1.62. The summed E-state index contributed by atoms with van der Waals surface area (Å²) in [7, 11) is 0. The first-order valence-corrected chi connectivity index (χ1v) is 5.99. The van der Waals surface area contributed by atoms with Gasteiger partial charge in [-0.1, -0.05) is 0 Å². The number of likely N-dealkylation sites (tertiary alicyclic amines) is 1. The SMILES string of the molecule is O=C(/C=C/c1cn[nH]c1)N1C[C@H]2CNC[C@H]2C1. The number of fused-ring (bicyclic) bond motifs is 1. The van der Waals surface area contributed by atoms with Gasteiger partial charge in [0.1, 0.15) is 0 Å². The van der Waals surface area contributed by atoms with Crippen LogP contribution in [0.25, 0.3) is 6.08 Å². The van der Waals surface area contributed by atoms with Gasteiger partial charge in [-0.3, -0.25) is 9.89 Å². The molecule has 3 heterocycles. The zero-order valence-electron chi connectivity index (χ0n) is 9.60. The van der Waals surface area contributed by atoms with Gasteiger partial charge in [0, 0.05) is 44.0 Å². The van der Waals surface area contributed by atoms with E-state index in [4.69, 9.17) is 0 Å². The van der Waals surface area contributed by atoms with Gasteiger partial charge in [-0.15, -0.1) is 0 Å². The highest BCUT2D eigenvalue weighted by atomic mass is 16.2. The van der Waals surface area contributed by atoms with E-state index in [9.17, 15) is 4.79 Å². The third kappa shape index (κ3) is 2.10. The van der Waals surface area contributed by atoms with Crippen molar-refractivity contribution in [2.75, 3.05) is 26.2 Å². The molecule has 0 unspecified atom stereocenters. The van der Waals surface area contributed by atoms with Crippen molar-refractivity contribution in [2.45, 2.75) is 0 Å². The third-order valence-electron chi connectivity index (χ3n) is 3.64. The van der Waals surface area contributed by atoms with E-state index in [0.717, 1.165) is 31.7 Å². The largest absolute Gasteiger partial charge is 0.338 e. The molecule has 0 aromatic carbocycles. The zero-order valence-corrected chi connectivity index (χ0v) is 9.60. The number of H-pyrrole nitrogens is 1. The summed E-state index contributed by atoms with van der Waals surface area (Å²) in [5.74, 6) is 1.42. The summed E-state index contributed by atoms with van der Waals surface area (Å²) in [6.45, 7) is 3.90. The first kappa shape index (κ1) is 10.5. The van der Waals surface area contributed by atoms with Crippen LogP contribution >= 0.6 is 0 Å². The van der Waals surface area contributed by atoms with E-state index < -0.39 is 0 Å². The van der Waals surface area contributed by atoms with Crippen molar-refractivity contribution in [3.05, 3.63) is 24.0 Å². The normalized spacial score (nSPS) is 27.9. The highest BCUT2D eigenvalue weighted by molar-refractivity contribution is 5.91. The van der Waals surface area contributed by atoms with Crippen LogP contribution in [0, 0.1) is 11.8 Å². The van der Waals surface area contributed by atoms with Crippen molar-refractivity contribution in [1.29, 1.82) is 0 Å². The molecule has 2 saturated heterocycles. The van der Waals surface area contributed by atoms with Gasteiger partial charge < -0.3 is 10.2 Å². The molecule has 2 N–H and O–H groups in total. The molecule has 17 heavy (non-hydrogen) atoms. The van der Waals surface area contributed by atoms with Gasteiger partial charge >= 0.3 is 0 Å². The van der Waals surface area contributed by atoms with Gasteiger partial charge in [0.05, 0.1) is 6.20 Å². The summed E-state index contributed by atoms with van der Waals surface area (Å²) in [5, 5.41) is 9.93. The Labute approximate surface area is 99.9 Å². The predicted molar refractivity (Wildman–Crippen MR) is 64.1 cm³/mol. The van der Waals surface area contributed by atoms with Gasteiger partial charge in [0.25, 0.3) is 0 Å². The third-order valence-corrected chi connectivity index (χ3v) is 3.64. The average molecular weight is 232 g/mol. The highest BCUT2D eigenvalue weighted by Gasteiger charge is 2.37. The van der Waals surface area contributed by atoms with Crippen molar-refractivity contribution in [2.24, 2.45) is 11.8 Å². The number of aromatic amines is 1. The fourth-order valence-corrected chi connectivity index (χ4v) is 2.66. The van der Waals surface area contributed by atoms with Crippen LogP contribution in [0.5, 0.6) is 0 Å². The number of aromatic nitrogens is 2. The molecule has 3 rings (SSSR count). The molecule has 0 aliphatic carbocycles. The van der Waals surface area contributed by atoms with Crippen molar-refractivity contribution in [3.8, 4) is 0 Å².